The van der Waals surface area contributed by atoms with Crippen molar-refractivity contribution in [2.45, 2.75) is 20.8 Å². The Hall–Kier alpha value is -3.21. The predicted molar refractivity (Wildman–Crippen MR) is 106 cm³/mol. The molecule has 28 heavy (non-hydrogen) atoms. The summed E-state index contributed by atoms with van der Waals surface area (Å²) in [7, 11) is 0. The van der Waals surface area contributed by atoms with Gasteiger partial charge in [-0.15, -0.1) is 0 Å². The van der Waals surface area contributed by atoms with Gasteiger partial charge in [0.05, 0.1) is 12.2 Å². The number of para-hydroxylation sites is 1. The molecule has 0 saturated carbocycles. The summed E-state index contributed by atoms with van der Waals surface area (Å²) in [5.41, 5.74) is 2.31. The molecule has 0 aliphatic carbocycles. The standard InChI is InChI=1S/C23H22FNO3/c1-15(2)14-27-20-11-18(10-19(24)12-20)21-8-4-6-16(3)22(21)28-23(26)17-7-5-9-25-13-17/h4-13,15H,14H2,1-3H3. The minimum absolute atomic E-state index is 0.321. The molecule has 4 nitrogen and oxygen atoms in total. The number of hydrogen-bond donors (Lipinski definition) is 0. The number of aromatic nitrogens is 1. The van der Waals surface area contributed by atoms with E-state index in [9.17, 15) is 9.18 Å². The molecule has 0 unspecified atom stereocenters. The van der Waals surface area contributed by atoms with Crippen molar-refractivity contribution in [3.63, 3.8) is 0 Å². The molecule has 0 aliphatic rings. The van der Waals surface area contributed by atoms with Gasteiger partial charge < -0.3 is 9.47 Å². The second-order valence-corrected chi connectivity index (χ2v) is 6.96. The molecule has 0 spiro atoms. The number of esters is 1. The van der Waals surface area contributed by atoms with Gasteiger partial charge in [-0.1, -0.05) is 32.0 Å². The Morgan fingerprint density at radius 3 is 2.68 bits per heavy atom. The third-order valence-electron chi connectivity index (χ3n) is 4.07. The highest BCUT2D eigenvalue weighted by Gasteiger charge is 2.16. The summed E-state index contributed by atoms with van der Waals surface area (Å²) < 4.78 is 25.5. The van der Waals surface area contributed by atoms with Crippen molar-refractivity contribution in [1.29, 1.82) is 0 Å². The maximum atomic E-state index is 14.2. The Morgan fingerprint density at radius 2 is 1.96 bits per heavy atom. The maximum absolute atomic E-state index is 14.2. The zero-order valence-corrected chi connectivity index (χ0v) is 16.1. The Labute approximate surface area is 164 Å². The lowest BCUT2D eigenvalue weighted by Gasteiger charge is -2.15. The number of halogens is 1. The highest BCUT2D eigenvalue weighted by molar-refractivity contribution is 5.92. The molecule has 144 valence electrons. The summed E-state index contributed by atoms with van der Waals surface area (Å²) in [6, 6.07) is 13.3. The molecule has 3 rings (SSSR count). The first-order chi connectivity index (χ1) is 13.4. The molecule has 3 aromatic rings. The van der Waals surface area contributed by atoms with Crippen molar-refractivity contribution in [2.24, 2.45) is 5.92 Å². The average molecular weight is 379 g/mol. The number of pyridine rings is 1. The second-order valence-electron chi connectivity index (χ2n) is 6.96. The fourth-order valence-corrected chi connectivity index (χ4v) is 2.71. The average Bonchev–Trinajstić information content (AvgIpc) is 2.68. The van der Waals surface area contributed by atoms with E-state index in [-0.39, 0.29) is 0 Å². The van der Waals surface area contributed by atoms with Crippen LogP contribution in [0.25, 0.3) is 11.1 Å². The van der Waals surface area contributed by atoms with E-state index < -0.39 is 11.8 Å². The van der Waals surface area contributed by atoms with Crippen LogP contribution in [0.3, 0.4) is 0 Å². The van der Waals surface area contributed by atoms with Crippen molar-refractivity contribution in [3.8, 4) is 22.6 Å². The highest BCUT2D eigenvalue weighted by atomic mass is 19.1. The third kappa shape index (κ3) is 4.74. The summed E-state index contributed by atoms with van der Waals surface area (Å²) in [5.74, 6) is 0.215. The van der Waals surface area contributed by atoms with Gasteiger partial charge in [-0.2, -0.15) is 0 Å². The fourth-order valence-electron chi connectivity index (χ4n) is 2.71. The van der Waals surface area contributed by atoms with Gasteiger partial charge in [-0.25, -0.2) is 9.18 Å². The number of benzene rings is 2. The van der Waals surface area contributed by atoms with Gasteiger partial charge in [-0.05, 0) is 48.2 Å². The van der Waals surface area contributed by atoms with Crippen molar-refractivity contribution in [1.82, 2.24) is 4.98 Å². The number of ether oxygens (including phenoxy) is 2. The summed E-state index contributed by atoms with van der Waals surface area (Å²) in [6.07, 6.45) is 3.03. The van der Waals surface area contributed by atoms with Gasteiger partial charge in [0.25, 0.3) is 0 Å². The number of aryl methyl sites for hydroxylation is 1. The lowest BCUT2D eigenvalue weighted by molar-refractivity contribution is 0.0734. The number of carbonyl (C=O) groups excluding carboxylic acids is 1. The number of hydrogen-bond acceptors (Lipinski definition) is 4. The number of carbonyl (C=O) groups is 1. The van der Waals surface area contributed by atoms with Crippen molar-refractivity contribution < 1.29 is 18.7 Å². The maximum Gasteiger partial charge on any atom is 0.345 e. The molecule has 0 amide bonds. The monoisotopic (exact) mass is 379 g/mol. The lowest BCUT2D eigenvalue weighted by Crippen LogP contribution is -2.10. The Morgan fingerprint density at radius 1 is 1.14 bits per heavy atom. The predicted octanol–water partition coefficient (Wildman–Crippen LogP) is 5.45. The molecule has 2 aromatic carbocycles. The molecule has 0 fully saturated rings. The Kier molecular flexibility index (Phi) is 6.04. The van der Waals surface area contributed by atoms with E-state index in [0.717, 1.165) is 5.56 Å². The first-order valence-corrected chi connectivity index (χ1v) is 9.09. The van der Waals surface area contributed by atoms with Crippen molar-refractivity contribution in [3.05, 3.63) is 77.9 Å². The van der Waals surface area contributed by atoms with Crippen LogP contribution in [0.4, 0.5) is 4.39 Å². The molecule has 0 saturated heterocycles. The van der Waals surface area contributed by atoms with E-state index in [1.807, 2.05) is 32.9 Å². The topological polar surface area (TPSA) is 48.4 Å². The first-order valence-electron chi connectivity index (χ1n) is 9.09. The minimum atomic E-state index is -0.517. The Bertz CT molecular complexity index is 971. The summed E-state index contributed by atoms with van der Waals surface area (Å²) in [4.78, 5) is 16.4. The molecule has 1 aromatic heterocycles. The molecular formula is C23H22FNO3. The summed E-state index contributed by atoms with van der Waals surface area (Å²) in [5, 5.41) is 0. The van der Waals surface area contributed by atoms with E-state index in [1.165, 1.54) is 18.3 Å². The summed E-state index contributed by atoms with van der Waals surface area (Å²) in [6.45, 7) is 6.37. The van der Waals surface area contributed by atoms with Crippen molar-refractivity contribution in [2.75, 3.05) is 6.61 Å². The van der Waals surface area contributed by atoms with Gasteiger partial charge in [0.15, 0.2) is 0 Å². The van der Waals surface area contributed by atoms with Crippen LogP contribution in [0, 0.1) is 18.7 Å². The largest absolute Gasteiger partial charge is 0.493 e. The highest BCUT2D eigenvalue weighted by Crippen LogP contribution is 2.35. The molecule has 1 heterocycles. The van der Waals surface area contributed by atoms with Crippen LogP contribution >= 0.6 is 0 Å². The van der Waals surface area contributed by atoms with Gasteiger partial charge >= 0.3 is 5.97 Å². The van der Waals surface area contributed by atoms with E-state index in [1.54, 1.807) is 30.5 Å². The Balaban J connectivity index is 1.97. The molecular weight excluding hydrogens is 357 g/mol. The quantitative estimate of drug-likeness (QED) is 0.422. The van der Waals surface area contributed by atoms with E-state index >= 15 is 0 Å². The van der Waals surface area contributed by atoms with Gasteiger partial charge in [0.1, 0.15) is 17.3 Å². The molecule has 0 radical (unpaired) electrons. The lowest BCUT2D eigenvalue weighted by atomic mass is 10.0. The SMILES string of the molecule is Cc1cccc(-c2cc(F)cc(OCC(C)C)c2)c1OC(=O)c1cccnc1. The van der Waals surface area contributed by atoms with E-state index in [0.29, 0.717) is 40.7 Å². The molecule has 0 atom stereocenters. The van der Waals surface area contributed by atoms with Gasteiger partial charge in [0, 0.05) is 24.0 Å². The third-order valence-corrected chi connectivity index (χ3v) is 4.07. The van der Waals surface area contributed by atoms with Gasteiger partial charge in [0.2, 0.25) is 0 Å². The van der Waals surface area contributed by atoms with Crippen molar-refractivity contribution >= 4 is 5.97 Å². The van der Waals surface area contributed by atoms with Crippen LogP contribution in [0.5, 0.6) is 11.5 Å². The first kappa shape index (κ1) is 19.5. The van der Waals surface area contributed by atoms with Crippen LogP contribution in [-0.2, 0) is 0 Å². The molecule has 5 heteroatoms. The van der Waals surface area contributed by atoms with Crippen LogP contribution in [0.2, 0.25) is 0 Å². The van der Waals surface area contributed by atoms with E-state index in [2.05, 4.69) is 4.98 Å². The van der Waals surface area contributed by atoms with Crippen LogP contribution < -0.4 is 9.47 Å². The van der Waals surface area contributed by atoms with Crippen LogP contribution in [0.15, 0.2) is 60.9 Å². The zero-order valence-electron chi connectivity index (χ0n) is 16.1. The fraction of sp³-hybridized carbons (Fsp3) is 0.217. The number of nitrogens with zero attached hydrogens (tertiary/aromatic N) is 1. The normalized spacial score (nSPS) is 10.8. The smallest absolute Gasteiger partial charge is 0.345 e. The van der Waals surface area contributed by atoms with Gasteiger partial charge in [-0.3, -0.25) is 4.98 Å². The van der Waals surface area contributed by atoms with Crippen LogP contribution in [0.1, 0.15) is 29.8 Å². The minimum Gasteiger partial charge on any atom is -0.493 e. The van der Waals surface area contributed by atoms with E-state index in [4.69, 9.17) is 9.47 Å². The second kappa shape index (κ2) is 8.65. The zero-order chi connectivity index (χ0) is 20.1. The molecule has 0 N–H and O–H groups in total. The number of rotatable bonds is 6. The van der Waals surface area contributed by atoms with Crippen LogP contribution in [-0.4, -0.2) is 17.6 Å². The summed E-state index contributed by atoms with van der Waals surface area (Å²) >= 11 is 0. The molecule has 0 bridgehead atoms. The molecule has 0 aliphatic heterocycles.